The Morgan fingerprint density at radius 1 is 1.31 bits per heavy atom. The summed E-state index contributed by atoms with van der Waals surface area (Å²) in [6, 6.07) is 0. The predicted molar refractivity (Wildman–Crippen MR) is 46.4 cm³/mol. The molecule has 2 atom stereocenters. The molecule has 2 aliphatic rings. The van der Waals surface area contributed by atoms with E-state index >= 15 is 0 Å². The highest BCUT2D eigenvalue weighted by Gasteiger charge is 2.39. The zero-order chi connectivity index (χ0) is 9.42. The summed E-state index contributed by atoms with van der Waals surface area (Å²) < 4.78 is 0. The minimum atomic E-state index is -0.856. The zero-order valence-corrected chi connectivity index (χ0v) is 7.52. The number of carbonyl (C=O) groups is 1. The molecule has 13 heavy (non-hydrogen) atoms. The molecule has 1 heterocycles. The second-order valence-electron chi connectivity index (χ2n) is 4.11. The molecule has 4 nitrogen and oxygen atoms in total. The van der Waals surface area contributed by atoms with Crippen LogP contribution in [0.1, 0.15) is 19.3 Å². The van der Waals surface area contributed by atoms with Gasteiger partial charge < -0.3 is 15.1 Å². The Kier molecular flexibility index (Phi) is 2.15. The van der Waals surface area contributed by atoms with Crippen molar-refractivity contribution in [3.8, 4) is 0 Å². The standard InChI is InChI=1S/C9H15NO3/c11-8(6-1-2-6)7-3-4-10(5-7)9(12)13/h6-8,11H,1-5H2,(H,12,13)/t7-,8-/m0/s1. The molecular weight excluding hydrogens is 170 g/mol. The second kappa shape index (κ2) is 3.18. The molecule has 4 heteroatoms. The molecule has 1 saturated carbocycles. The fourth-order valence-corrected chi connectivity index (χ4v) is 2.06. The van der Waals surface area contributed by atoms with Crippen molar-refractivity contribution in [1.82, 2.24) is 4.90 Å². The van der Waals surface area contributed by atoms with E-state index in [1.54, 1.807) is 0 Å². The van der Waals surface area contributed by atoms with E-state index in [4.69, 9.17) is 5.11 Å². The number of amides is 1. The molecule has 0 aromatic heterocycles. The SMILES string of the molecule is O=C(O)N1CC[C@H]([C@@H](O)C2CC2)C1. The highest BCUT2D eigenvalue weighted by atomic mass is 16.4. The van der Waals surface area contributed by atoms with Crippen molar-refractivity contribution in [1.29, 1.82) is 0 Å². The van der Waals surface area contributed by atoms with Crippen molar-refractivity contribution in [3.05, 3.63) is 0 Å². The van der Waals surface area contributed by atoms with Gasteiger partial charge in [0.2, 0.25) is 0 Å². The van der Waals surface area contributed by atoms with Crippen molar-refractivity contribution < 1.29 is 15.0 Å². The molecule has 74 valence electrons. The van der Waals surface area contributed by atoms with Crippen LogP contribution in [-0.4, -0.2) is 40.4 Å². The van der Waals surface area contributed by atoms with Crippen LogP contribution in [0.25, 0.3) is 0 Å². The zero-order valence-electron chi connectivity index (χ0n) is 7.52. The molecule has 1 saturated heterocycles. The van der Waals surface area contributed by atoms with Gasteiger partial charge in [0.05, 0.1) is 6.10 Å². The summed E-state index contributed by atoms with van der Waals surface area (Å²) in [6.45, 7) is 1.11. The van der Waals surface area contributed by atoms with E-state index in [1.807, 2.05) is 0 Å². The summed E-state index contributed by atoms with van der Waals surface area (Å²) in [5.74, 6) is 0.641. The van der Waals surface area contributed by atoms with Crippen molar-refractivity contribution >= 4 is 6.09 Å². The van der Waals surface area contributed by atoms with Crippen LogP contribution in [0.5, 0.6) is 0 Å². The average molecular weight is 185 g/mol. The van der Waals surface area contributed by atoms with E-state index < -0.39 is 6.09 Å². The van der Waals surface area contributed by atoms with Crippen LogP contribution in [-0.2, 0) is 0 Å². The molecule has 0 radical (unpaired) electrons. The lowest BCUT2D eigenvalue weighted by Gasteiger charge is -2.17. The van der Waals surface area contributed by atoms with Gasteiger partial charge in [-0.15, -0.1) is 0 Å². The van der Waals surface area contributed by atoms with Crippen molar-refractivity contribution in [2.24, 2.45) is 11.8 Å². The third kappa shape index (κ3) is 1.77. The van der Waals surface area contributed by atoms with Gasteiger partial charge in [0.25, 0.3) is 0 Å². The van der Waals surface area contributed by atoms with Crippen LogP contribution in [0.2, 0.25) is 0 Å². The quantitative estimate of drug-likeness (QED) is 0.667. The minimum absolute atomic E-state index is 0.184. The third-order valence-corrected chi connectivity index (χ3v) is 3.08. The van der Waals surface area contributed by atoms with Gasteiger partial charge in [0, 0.05) is 19.0 Å². The Balaban J connectivity index is 1.86. The van der Waals surface area contributed by atoms with Gasteiger partial charge in [0.15, 0.2) is 0 Å². The average Bonchev–Trinajstić information content (AvgIpc) is 2.81. The molecule has 1 aliphatic carbocycles. The van der Waals surface area contributed by atoms with E-state index in [2.05, 4.69) is 0 Å². The van der Waals surface area contributed by atoms with Crippen LogP contribution in [0.4, 0.5) is 4.79 Å². The van der Waals surface area contributed by atoms with Gasteiger partial charge in [-0.25, -0.2) is 4.79 Å². The number of likely N-dealkylation sites (tertiary alicyclic amines) is 1. The second-order valence-corrected chi connectivity index (χ2v) is 4.11. The molecule has 2 fully saturated rings. The lowest BCUT2D eigenvalue weighted by atomic mass is 9.98. The van der Waals surface area contributed by atoms with Gasteiger partial charge in [-0.3, -0.25) is 0 Å². The van der Waals surface area contributed by atoms with Crippen LogP contribution in [0, 0.1) is 11.8 Å². The number of aliphatic hydroxyl groups excluding tert-OH is 1. The first kappa shape index (κ1) is 8.81. The van der Waals surface area contributed by atoms with E-state index in [9.17, 15) is 9.90 Å². The van der Waals surface area contributed by atoms with Gasteiger partial charge in [-0.1, -0.05) is 0 Å². The van der Waals surface area contributed by atoms with E-state index in [-0.39, 0.29) is 12.0 Å². The Morgan fingerprint density at radius 2 is 2.00 bits per heavy atom. The number of nitrogens with zero attached hydrogens (tertiary/aromatic N) is 1. The molecule has 1 amide bonds. The summed E-state index contributed by atoms with van der Waals surface area (Å²) in [7, 11) is 0. The Hall–Kier alpha value is -0.770. The number of aliphatic hydroxyl groups is 1. The number of hydrogen-bond donors (Lipinski definition) is 2. The van der Waals surface area contributed by atoms with E-state index in [1.165, 1.54) is 4.90 Å². The summed E-state index contributed by atoms with van der Waals surface area (Å²) >= 11 is 0. The Morgan fingerprint density at radius 3 is 2.46 bits per heavy atom. The molecule has 0 aromatic carbocycles. The van der Waals surface area contributed by atoms with Crippen LogP contribution >= 0.6 is 0 Å². The lowest BCUT2D eigenvalue weighted by Crippen LogP contribution is -2.30. The fourth-order valence-electron chi connectivity index (χ4n) is 2.06. The van der Waals surface area contributed by atoms with Gasteiger partial charge in [-0.05, 0) is 25.2 Å². The Labute approximate surface area is 77.2 Å². The van der Waals surface area contributed by atoms with E-state index in [0.717, 1.165) is 19.3 Å². The number of hydrogen-bond acceptors (Lipinski definition) is 2. The summed E-state index contributed by atoms with van der Waals surface area (Å²) in [5, 5.41) is 18.5. The van der Waals surface area contributed by atoms with Crippen LogP contribution in [0.3, 0.4) is 0 Å². The Bertz CT molecular complexity index is 215. The first-order valence-electron chi connectivity index (χ1n) is 4.84. The third-order valence-electron chi connectivity index (χ3n) is 3.08. The van der Waals surface area contributed by atoms with Crippen LogP contribution < -0.4 is 0 Å². The predicted octanol–water partition coefficient (Wildman–Crippen LogP) is 0.757. The minimum Gasteiger partial charge on any atom is -0.465 e. The van der Waals surface area contributed by atoms with E-state index in [0.29, 0.717) is 19.0 Å². The maximum absolute atomic E-state index is 10.6. The molecule has 0 bridgehead atoms. The smallest absolute Gasteiger partial charge is 0.407 e. The summed E-state index contributed by atoms with van der Waals surface area (Å²) in [5.41, 5.74) is 0. The molecule has 0 spiro atoms. The first-order valence-corrected chi connectivity index (χ1v) is 4.84. The lowest BCUT2D eigenvalue weighted by molar-refractivity contribution is 0.0881. The van der Waals surface area contributed by atoms with Crippen molar-refractivity contribution in [2.75, 3.05) is 13.1 Å². The maximum atomic E-state index is 10.6. The summed E-state index contributed by atoms with van der Waals surface area (Å²) in [4.78, 5) is 12.0. The van der Waals surface area contributed by atoms with Crippen molar-refractivity contribution in [2.45, 2.75) is 25.4 Å². The number of carboxylic acid groups (broad SMARTS) is 1. The largest absolute Gasteiger partial charge is 0.465 e. The van der Waals surface area contributed by atoms with Crippen LogP contribution in [0.15, 0.2) is 0 Å². The molecule has 1 aliphatic heterocycles. The highest BCUT2D eigenvalue weighted by Crippen LogP contribution is 2.38. The van der Waals surface area contributed by atoms with Gasteiger partial charge in [-0.2, -0.15) is 0 Å². The monoisotopic (exact) mass is 185 g/mol. The van der Waals surface area contributed by atoms with Crippen molar-refractivity contribution in [3.63, 3.8) is 0 Å². The molecular formula is C9H15NO3. The number of rotatable bonds is 2. The maximum Gasteiger partial charge on any atom is 0.407 e. The van der Waals surface area contributed by atoms with Gasteiger partial charge >= 0.3 is 6.09 Å². The highest BCUT2D eigenvalue weighted by molar-refractivity contribution is 5.65. The normalized spacial score (nSPS) is 30.5. The first-order chi connectivity index (χ1) is 6.18. The topological polar surface area (TPSA) is 60.8 Å². The molecule has 2 N–H and O–H groups in total. The molecule has 2 rings (SSSR count). The van der Waals surface area contributed by atoms with Gasteiger partial charge in [0.1, 0.15) is 0 Å². The molecule has 0 unspecified atom stereocenters. The summed E-state index contributed by atoms with van der Waals surface area (Å²) in [6.07, 6.45) is 1.94. The molecule has 0 aromatic rings. The fraction of sp³-hybridized carbons (Fsp3) is 0.889.